The number of hydrogen-bond acceptors (Lipinski definition) is 6. The van der Waals surface area contributed by atoms with Crippen molar-refractivity contribution in [3.05, 3.63) is 87.6 Å². The van der Waals surface area contributed by atoms with Crippen molar-refractivity contribution in [2.75, 3.05) is 10.6 Å². The molecule has 9 heteroatoms. The molecule has 34 heavy (non-hydrogen) atoms. The fraction of sp³-hybridized carbons (Fsp3) is 0.120. The predicted octanol–water partition coefficient (Wildman–Crippen LogP) is 5.32. The minimum Gasteiger partial charge on any atom is -0.351 e. The van der Waals surface area contributed by atoms with E-state index < -0.39 is 0 Å². The van der Waals surface area contributed by atoms with Gasteiger partial charge in [-0.15, -0.1) is 22.7 Å². The van der Waals surface area contributed by atoms with Crippen LogP contribution in [0.4, 0.5) is 10.8 Å². The Hall–Kier alpha value is -3.82. The molecule has 0 radical (unpaired) electrons. The van der Waals surface area contributed by atoms with Gasteiger partial charge in [0.15, 0.2) is 5.13 Å². The van der Waals surface area contributed by atoms with E-state index in [0.717, 1.165) is 20.3 Å². The summed E-state index contributed by atoms with van der Waals surface area (Å²) < 4.78 is 0. The third-order valence-electron chi connectivity index (χ3n) is 4.86. The second kappa shape index (κ2) is 10.4. The van der Waals surface area contributed by atoms with Crippen molar-refractivity contribution >= 4 is 51.2 Å². The van der Waals surface area contributed by atoms with Gasteiger partial charge in [-0.2, -0.15) is 0 Å². The molecule has 4 rings (SSSR count). The van der Waals surface area contributed by atoms with Crippen LogP contribution in [0.5, 0.6) is 0 Å². The minimum atomic E-state index is -0.279. The Morgan fingerprint density at radius 3 is 2.21 bits per heavy atom. The van der Waals surface area contributed by atoms with Gasteiger partial charge in [0.25, 0.3) is 11.8 Å². The number of rotatable bonds is 7. The summed E-state index contributed by atoms with van der Waals surface area (Å²) in [5, 5.41) is 8.96. The molecule has 0 spiro atoms. The van der Waals surface area contributed by atoms with Crippen LogP contribution in [0.3, 0.4) is 0 Å². The highest BCUT2D eigenvalue weighted by molar-refractivity contribution is 7.18. The fourth-order valence-electron chi connectivity index (χ4n) is 3.16. The van der Waals surface area contributed by atoms with Gasteiger partial charge in [-0.1, -0.05) is 18.2 Å². The average Bonchev–Trinajstić information content (AvgIpc) is 3.44. The third-order valence-corrected chi connectivity index (χ3v) is 6.84. The lowest BCUT2D eigenvalue weighted by Crippen LogP contribution is -2.17. The molecule has 3 amide bonds. The van der Waals surface area contributed by atoms with Crippen LogP contribution in [0.25, 0.3) is 10.6 Å². The number of thiazole rings is 1. The van der Waals surface area contributed by atoms with Gasteiger partial charge < -0.3 is 10.6 Å². The molecular formula is C25H22N4O3S2. The van der Waals surface area contributed by atoms with Gasteiger partial charge in [0.05, 0.1) is 17.1 Å². The summed E-state index contributed by atoms with van der Waals surface area (Å²) in [5.41, 5.74) is 2.44. The largest absolute Gasteiger partial charge is 0.351 e. The minimum absolute atomic E-state index is 0.0728. The second-order valence-corrected chi connectivity index (χ2v) is 9.82. The Bertz CT molecular complexity index is 1330. The number of anilines is 2. The quantitative estimate of drug-likeness (QED) is 0.326. The summed E-state index contributed by atoms with van der Waals surface area (Å²) >= 11 is 2.96. The second-order valence-electron chi connectivity index (χ2n) is 7.45. The highest BCUT2D eigenvalue weighted by Crippen LogP contribution is 2.34. The lowest BCUT2D eigenvalue weighted by atomic mass is 10.1. The highest BCUT2D eigenvalue weighted by atomic mass is 32.1. The lowest BCUT2D eigenvalue weighted by molar-refractivity contribution is -0.119. The summed E-state index contributed by atoms with van der Waals surface area (Å²) in [6, 6.07) is 19.6. The molecule has 2 heterocycles. The van der Waals surface area contributed by atoms with Gasteiger partial charge in [0, 0.05) is 33.5 Å². The van der Waals surface area contributed by atoms with Crippen molar-refractivity contribution in [2.45, 2.75) is 20.4 Å². The molecule has 2 aromatic carbocycles. The van der Waals surface area contributed by atoms with Gasteiger partial charge in [0.2, 0.25) is 5.91 Å². The first kappa shape index (κ1) is 23.3. The molecule has 3 N–H and O–H groups in total. The Kier molecular flexibility index (Phi) is 7.15. The lowest BCUT2D eigenvalue weighted by Gasteiger charge is -2.06. The molecule has 0 bridgehead atoms. The zero-order chi connectivity index (χ0) is 24.1. The first-order chi connectivity index (χ1) is 16.4. The van der Waals surface area contributed by atoms with Crippen LogP contribution in [0.1, 0.15) is 37.4 Å². The molecule has 4 aromatic rings. The molecule has 0 unspecified atom stereocenters. The number of aromatic nitrogens is 1. The smallest absolute Gasteiger partial charge is 0.257 e. The van der Waals surface area contributed by atoms with E-state index in [1.165, 1.54) is 18.3 Å². The molecule has 7 nitrogen and oxygen atoms in total. The number of nitrogens with zero attached hydrogens (tertiary/aromatic N) is 1. The molecule has 0 aliphatic heterocycles. The van der Waals surface area contributed by atoms with E-state index in [-0.39, 0.29) is 17.7 Å². The van der Waals surface area contributed by atoms with E-state index in [9.17, 15) is 14.4 Å². The van der Waals surface area contributed by atoms with E-state index in [2.05, 4.69) is 20.9 Å². The van der Waals surface area contributed by atoms with Crippen LogP contribution in [0.15, 0.2) is 66.7 Å². The van der Waals surface area contributed by atoms with E-state index in [1.54, 1.807) is 59.9 Å². The zero-order valence-corrected chi connectivity index (χ0v) is 20.2. The summed E-state index contributed by atoms with van der Waals surface area (Å²) in [6.07, 6.45) is 0. The molecule has 2 aromatic heterocycles. The van der Waals surface area contributed by atoms with Gasteiger partial charge in [-0.3, -0.25) is 19.7 Å². The summed E-state index contributed by atoms with van der Waals surface area (Å²) in [6.45, 7) is 3.93. The van der Waals surface area contributed by atoms with E-state index in [0.29, 0.717) is 28.5 Å². The maximum Gasteiger partial charge on any atom is 0.257 e. The maximum absolute atomic E-state index is 12.7. The van der Waals surface area contributed by atoms with Crippen LogP contribution >= 0.6 is 22.7 Å². The maximum atomic E-state index is 12.7. The SMILES string of the molecule is CC(=O)NCc1ccc(-c2nc(NC(=O)c3ccc(NC(=O)c4ccccc4)cc3)sc2C)s1. The van der Waals surface area contributed by atoms with Crippen molar-refractivity contribution in [3.8, 4) is 10.6 Å². The van der Waals surface area contributed by atoms with Gasteiger partial charge in [-0.25, -0.2) is 4.98 Å². The Labute approximate surface area is 204 Å². The van der Waals surface area contributed by atoms with E-state index in [4.69, 9.17) is 0 Å². The normalized spacial score (nSPS) is 10.5. The average molecular weight is 491 g/mol. The summed E-state index contributed by atoms with van der Waals surface area (Å²) in [4.78, 5) is 43.7. The van der Waals surface area contributed by atoms with Crippen LogP contribution < -0.4 is 16.0 Å². The van der Waals surface area contributed by atoms with Gasteiger partial charge >= 0.3 is 0 Å². The third kappa shape index (κ3) is 5.75. The number of carbonyl (C=O) groups excluding carboxylic acids is 3. The Morgan fingerprint density at radius 2 is 1.50 bits per heavy atom. The first-order valence-corrected chi connectivity index (χ1v) is 12.1. The number of hydrogen-bond donors (Lipinski definition) is 3. The van der Waals surface area contributed by atoms with Crippen LogP contribution in [0, 0.1) is 6.92 Å². The van der Waals surface area contributed by atoms with Crippen molar-refractivity contribution in [3.63, 3.8) is 0 Å². The molecule has 172 valence electrons. The fourth-order valence-corrected chi connectivity index (χ4v) is 5.04. The van der Waals surface area contributed by atoms with Gasteiger partial charge in [-0.05, 0) is 55.5 Å². The highest BCUT2D eigenvalue weighted by Gasteiger charge is 2.15. The van der Waals surface area contributed by atoms with Crippen molar-refractivity contribution in [2.24, 2.45) is 0 Å². The van der Waals surface area contributed by atoms with E-state index in [1.807, 2.05) is 25.1 Å². The van der Waals surface area contributed by atoms with Crippen LogP contribution in [-0.4, -0.2) is 22.7 Å². The van der Waals surface area contributed by atoms with Crippen LogP contribution in [0.2, 0.25) is 0 Å². The number of carbonyl (C=O) groups is 3. The predicted molar refractivity (Wildman–Crippen MR) is 136 cm³/mol. The molecular weight excluding hydrogens is 468 g/mol. The first-order valence-electron chi connectivity index (χ1n) is 10.5. The van der Waals surface area contributed by atoms with Crippen LogP contribution in [-0.2, 0) is 11.3 Å². The molecule has 0 aliphatic carbocycles. The number of aryl methyl sites for hydroxylation is 1. The Morgan fingerprint density at radius 1 is 0.824 bits per heavy atom. The number of benzene rings is 2. The molecule has 0 saturated heterocycles. The molecule has 0 aliphatic rings. The topological polar surface area (TPSA) is 100 Å². The number of nitrogens with one attached hydrogen (secondary N) is 3. The number of thiophene rings is 1. The Balaban J connectivity index is 1.39. The van der Waals surface area contributed by atoms with Crippen molar-refractivity contribution < 1.29 is 14.4 Å². The molecule has 0 fully saturated rings. The van der Waals surface area contributed by atoms with Gasteiger partial charge in [0.1, 0.15) is 0 Å². The van der Waals surface area contributed by atoms with Crippen molar-refractivity contribution in [1.29, 1.82) is 0 Å². The zero-order valence-electron chi connectivity index (χ0n) is 18.5. The standard InChI is InChI=1S/C25H22N4O3S2/c1-15-22(21-13-12-20(34-21)14-26-16(2)30)28-25(33-15)29-24(32)18-8-10-19(11-9-18)27-23(31)17-6-4-3-5-7-17/h3-13H,14H2,1-2H3,(H,26,30)(H,27,31)(H,28,29,32). The van der Waals surface area contributed by atoms with E-state index >= 15 is 0 Å². The monoisotopic (exact) mass is 490 g/mol. The van der Waals surface area contributed by atoms with Crippen molar-refractivity contribution in [1.82, 2.24) is 10.3 Å². The molecule has 0 atom stereocenters. The summed E-state index contributed by atoms with van der Waals surface area (Å²) in [7, 11) is 0. The number of amides is 3. The molecule has 0 saturated carbocycles. The summed E-state index contributed by atoms with van der Waals surface area (Å²) in [5.74, 6) is -0.562.